The highest BCUT2D eigenvalue weighted by Crippen LogP contribution is 2.43. The van der Waals surface area contributed by atoms with Gasteiger partial charge in [0, 0.05) is 18.0 Å². The van der Waals surface area contributed by atoms with Crippen molar-refractivity contribution in [3.05, 3.63) is 35.5 Å². The first-order valence-electron chi connectivity index (χ1n) is 7.31. The molecule has 0 N–H and O–H groups in total. The minimum Gasteiger partial charge on any atom is -0.468 e. The summed E-state index contributed by atoms with van der Waals surface area (Å²) in [5.74, 6) is -1.10. The lowest BCUT2D eigenvalue weighted by molar-refractivity contribution is -0.163. The van der Waals surface area contributed by atoms with Crippen molar-refractivity contribution in [1.29, 1.82) is 0 Å². The molecule has 116 valence electrons. The Morgan fingerprint density at radius 3 is 2.41 bits per heavy atom. The highest BCUT2D eigenvalue weighted by Gasteiger charge is 2.54. The summed E-state index contributed by atoms with van der Waals surface area (Å²) in [6, 6.07) is 7.94. The summed E-state index contributed by atoms with van der Waals surface area (Å²) >= 11 is 0. The van der Waals surface area contributed by atoms with E-state index in [-0.39, 0.29) is 0 Å². The normalized spacial score (nSPS) is 16.1. The van der Waals surface area contributed by atoms with Crippen molar-refractivity contribution in [1.82, 2.24) is 4.57 Å². The van der Waals surface area contributed by atoms with Crippen LogP contribution in [0.4, 0.5) is 0 Å². The maximum absolute atomic E-state index is 12.5. The molecule has 22 heavy (non-hydrogen) atoms. The van der Waals surface area contributed by atoms with Gasteiger partial charge in [0.05, 0.1) is 19.9 Å². The van der Waals surface area contributed by atoms with Gasteiger partial charge in [0.1, 0.15) is 0 Å². The first-order valence-corrected chi connectivity index (χ1v) is 7.31. The molecule has 1 aromatic heterocycles. The Morgan fingerprint density at radius 1 is 1.14 bits per heavy atom. The van der Waals surface area contributed by atoms with E-state index in [1.165, 1.54) is 14.2 Å². The van der Waals surface area contributed by atoms with Crippen LogP contribution in [-0.2, 0) is 37.9 Å². The van der Waals surface area contributed by atoms with E-state index in [4.69, 9.17) is 9.47 Å². The molecule has 0 spiro atoms. The minimum absolute atomic E-state index is 0.406. The summed E-state index contributed by atoms with van der Waals surface area (Å²) in [6.07, 6.45) is 1.99. The van der Waals surface area contributed by atoms with Gasteiger partial charge in [0.15, 0.2) is 0 Å². The number of nitrogens with zero attached hydrogens (tertiary/aromatic N) is 1. The molecule has 5 heteroatoms. The Bertz CT molecular complexity index is 743. The van der Waals surface area contributed by atoms with Crippen LogP contribution in [0.2, 0.25) is 0 Å². The van der Waals surface area contributed by atoms with Crippen LogP contribution in [0.3, 0.4) is 0 Å². The van der Waals surface area contributed by atoms with E-state index in [0.717, 1.165) is 29.3 Å². The van der Waals surface area contributed by atoms with Gasteiger partial charge in [-0.05, 0) is 30.9 Å². The lowest BCUT2D eigenvalue weighted by Gasteiger charge is -2.33. The molecular formula is C17H19NO4. The van der Waals surface area contributed by atoms with Gasteiger partial charge in [-0.25, -0.2) is 0 Å². The summed E-state index contributed by atoms with van der Waals surface area (Å²) in [5.41, 5.74) is 1.38. The number of aryl methyl sites for hydroxylation is 2. The Labute approximate surface area is 128 Å². The number of esters is 2. The summed E-state index contributed by atoms with van der Waals surface area (Å²) in [6.45, 7) is 0. The molecule has 0 radical (unpaired) electrons. The highest BCUT2D eigenvalue weighted by atomic mass is 16.5. The predicted octanol–water partition coefficient (Wildman–Crippen LogP) is 2.10. The first-order chi connectivity index (χ1) is 10.6. The van der Waals surface area contributed by atoms with Crippen molar-refractivity contribution in [3.8, 4) is 0 Å². The van der Waals surface area contributed by atoms with Gasteiger partial charge in [0.25, 0.3) is 0 Å². The van der Waals surface area contributed by atoms with Gasteiger partial charge in [-0.3, -0.25) is 9.59 Å². The fourth-order valence-electron chi connectivity index (χ4n) is 3.75. The number of benzene rings is 1. The molecular weight excluding hydrogens is 282 g/mol. The van der Waals surface area contributed by atoms with Crippen molar-refractivity contribution < 1.29 is 19.1 Å². The van der Waals surface area contributed by atoms with Crippen LogP contribution < -0.4 is 0 Å². The summed E-state index contributed by atoms with van der Waals surface area (Å²) in [5, 5.41) is 1.08. The molecule has 0 unspecified atom stereocenters. The number of fused-ring (bicyclic) bond motifs is 3. The zero-order valence-electron chi connectivity index (χ0n) is 13.0. The van der Waals surface area contributed by atoms with E-state index in [0.29, 0.717) is 12.1 Å². The standard InChI is InChI=1S/C17H19NO4/c1-18-13-9-5-4-7-11(13)12-8-6-10-17(14(12)18,15(19)21-2)16(20)22-3/h4-5,7,9H,6,8,10H2,1-3H3. The van der Waals surface area contributed by atoms with Gasteiger partial charge in [-0.2, -0.15) is 0 Å². The van der Waals surface area contributed by atoms with Crippen molar-refractivity contribution in [2.45, 2.75) is 24.7 Å². The Balaban J connectivity index is 2.39. The maximum Gasteiger partial charge on any atom is 0.329 e. The van der Waals surface area contributed by atoms with E-state index >= 15 is 0 Å². The second-order valence-electron chi connectivity index (χ2n) is 5.65. The molecule has 0 saturated heterocycles. The molecule has 0 bridgehead atoms. The minimum atomic E-state index is -1.37. The van der Waals surface area contributed by atoms with E-state index in [1.54, 1.807) is 0 Å². The van der Waals surface area contributed by atoms with Gasteiger partial charge >= 0.3 is 11.9 Å². The molecule has 1 aliphatic rings. The number of carbonyl (C=O) groups is 2. The third kappa shape index (κ3) is 1.71. The molecule has 1 aromatic carbocycles. The van der Waals surface area contributed by atoms with Crippen molar-refractivity contribution in [3.63, 3.8) is 0 Å². The number of rotatable bonds is 2. The smallest absolute Gasteiger partial charge is 0.329 e. The lowest BCUT2D eigenvalue weighted by atomic mass is 9.73. The Morgan fingerprint density at radius 2 is 1.77 bits per heavy atom. The van der Waals surface area contributed by atoms with Gasteiger partial charge in [0.2, 0.25) is 5.41 Å². The van der Waals surface area contributed by atoms with Gasteiger partial charge < -0.3 is 14.0 Å². The van der Waals surface area contributed by atoms with Crippen LogP contribution in [-0.4, -0.2) is 30.7 Å². The second kappa shape index (κ2) is 5.16. The van der Waals surface area contributed by atoms with Crippen LogP contribution >= 0.6 is 0 Å². The fourth-order valence-corrected chi connectivity index (χ4v) is 3.75. The van der Waals surface area contributed by atoms with Gasteiger partial charge in [-0.15, -0.1) is 0 Å². The number of aromatic nitrogens is 1. The highest BCUT2D eigenvalue weighted by molar-refractivity contribution is 6.08. The van der Waals surface area contributed by atoms with Crippen LogP contribution in [0.25, 0.3) is 10.9 Å². The number of carbonyl (C=O) groups excluding carboxylic acids is 2. The summed E-state index contributed by atoms with van der Waals surface area (Å²) in [4.78, 5) is 25.1. The van der Waals surface area contributed by atoms with Crippen LogP contribution in [0.5, 0.6) is 0 Å². The zero-order valence-corrected chi connectivity index (χ0v) is 13.0. The van der Waals surface area contributed by atoms with Gasteiger partial charge in [-0.1, -0.05) is 18.2 Å². The number of methoxy groups -OCH3 is 2. The van der Waals surface area contributed by atoms with Crippen molar-refractivity contribution in [2.75, 3.05) is 14.2 Å². The number of hydrogen-bond donors (Lipinski definition) is 0. The van der Waals surface area contributed by atoms with E-state index in [1.807, 2.05) is 35.9 Å². The summed E-state index contributed by atoms with van der Waals surface area (Å²) in [7, 11) is 4.50. The molecule has 0 fully saturated rings. The maximum atomic E-state index is 12.5. The Hall–Kier alpha value is -2.30. The lowest BCUT2D eigenvalue weighted by Crippen LogP contribution is -2.48. The topological polar surface area (TPSA) is 57.5 Å². The number of hydrogen-bond acceptors (Lipinski definition) is 4. The molecule has 3 rings (SSSR count). The van der Waals surface area contributed by atoms with Crippen LogP contribution in [0.15, 0.2) is 24.3 Å². The average molecular weight is 301 g/mol. The monoisotopic (exact) mass is 301 g/mol. The largest absolute Gasteiger partial charge is 0.468 e. The molecule has 0 aliphatic heterocycles. The molecule has 0 amide bonds. The van der Waals surface area contributed by atoms with E-state index in [2.05, 4.69) is 0 Å². The molecule has 1 heterocycles. The Kier molecular flexibility index (Phi) is 3.43. The third-order valence-electron chi connectivity index (χ3n) is 4.66. The molecule has 2 aromatic rings. The number of para-hydroxylation sites is 1. The van der Waals surface area contributed by atoms with E-state index < -0.39 is 17.4 Å². The quantitative estimate of drug-likeness (QED) is 0.629. The van der Waals surface area contributed by atoms with E-state index in [9.17, 15) is 9.59 Å². The molecule has 0 atom stereocenters. The zero-order chi connectivity index (χ0) is 15.9. The summed E-state index contributed by atoms with van der Waals surface area (Å²) < 4.78 is 11.9. The van der Waals surface area contributed by atoms with Crippen LogP contribution in [0.1, 0.15) is 24.1 Å². The SMILES string of the molecule is COC(=O)C1(C(=O)OC)CCCc2c1n(C)c1ccccc21. The molecule has 5 nitrogen and oxygen atoms in total. The third-order valence-corrected chi connectivity index (χ3v) is 4.66. The van der Waals surface area contributed by atoms with Crippen molar-refractivity contribution in [2.24, 2.45) is 7.05 Å². The fraction of sp³-hybridized carbons (Fsp3) is 0.412. The first kappa shape index (κ1) is 14.6. The van der Waals surface area contributed by atoms with Crippen LogP contribution in [0, 0.1) is 0 Å². The predicted molar refractivity (Wildman–Crippen MR) is 81.6 cm³/mol. The molecule has 0 saturated carbocycles. The average Bonchev–Trinajstić information content (AvgIpc) is 2.87. The number of ether oxygens (including phenoxy) is 2. The van der Waals surface area contributed by atoms with Crippen molar-refractivity contribution >= 4 is 22.8 Å². The second-order valence-corrected chi connectivity index (χ2v) is 5.65. The molecule has 1 aliphatic carbocycles.